The lowest BCUT2D eigenvalue weighted by molar-refractivity contribution is -0.384. The topological polar surface area (TPSA) is 73.0 Å². The van der Waals surface area contributed by atoms with Gasteiger partial charge in [0.15, 0.2) is 0 Å². The van der Waals surface area contributed by atoms with E-state index in [1.165, 1.54) is 0 Å². The minimum Gasteiger partial charge on any atom is -0.364 e. The molecule has 0 atom stereocenters. The van der Waals surface area contributed by atoms with E-state index in [1.807, 2.05) is 32.9 Å². The zero-order valence-electron chi connectivity index (χ0n) is 11.3. The summed E-state index contributed by atoms with van der Waals surface area (Å²) in [6.07, 6.45) is 4.80. The van der Waals surface area contributed by atoms with E-state index >= 15 is 0 Å². The molecule has 0 spiro atoms. The van der Waals surface area contributed by atoms with Crippen LogP contribution < -0.4 is 5.32 Å². The molecule has 1 aromatic rings. The highest BCUT2D eigenvalue weighted by atomic mass is 16.6. The number of hydrogen-bond donors (Lipinski definition) is 1. The fraction of sp³-hybridized carbons (Fsp3) is 0.583. The summed E-state index contributed by atoms with van der Waals surface area (Å²) in [6, 6.07) is 0.0848. The summed E-state index contributed by atoms with van der Waals surface area (Å²) in [4.78, 5) is 10.7. The number of hydrogen-bond acceptors (Lipinski definition) is 4. The second kappa shape index (κ2) is 6.18. The largest absolute Gasteiger partial charge is 0.364 e. The van der Waals surface area contributed by atoms with Crippen LogP contribution in [-0.2, 0) is 0 Å². The lowest BCUT2D eigenvalue weighted by atomic mass is 10.3. The van der Waals surface area contributed by atoms with Gasteiger partial charge in [0.1, 0.15) is 5.69 Å². The molecule has 0 saturated carbocycles. The molecule has 1 N–H and O–H groups in total. The molecule has 6 nitrogen and oxygen atoms in total. The van der Waals surface area contributed by atoms with Crippen molar-refractivity contribution in [3.8, 4) is 0 Å². The van der Waals surface area contributed by atoms with Crippen LogP contribution in [-0.4, -0.2) is 21.2 Å². The molecule has 0 bridgehead atoms. The van der Waals surface area contributed by atoms with Gasteiger partial charge in [0, 0.05) is 12.6 Å². The molecule has 0 aliphatic heterocycles. The molecular formula is C12H20N4O2. The van der Waals surface area contributed by atoms with Crippen LogP contribution in [0.25, 0.3) is 0 Å². The monoisotopic (exact) mass is 252 g/mol. The smallest absolute Gasteiger partial charge is 0.333 e. The van der Waals surface area contributed by atoms with Crippen molar-refractivity contribution in [2.45, 2.75) is 40.2 Å². The summed E-state index contributed by atoms with van der Waals surface area (Å²) in [5.41, 5.74) is 0.520. The van der Waals surface area contributed by atoms with Gasteiger partial charge in [0.2, 0.25) is 5.82 Å². The van der Waals surface area contributed by atoms with Gasteiger partial charge < -0.3 is 5.32 Å². The standard InChI is InChI=1S/C12H20N4O2/c1-5-6-7-8-13-12-11(16(17)18)10(4)14-15(12)9(2)3/h5-6,9,13H,7-8H2,1-4H3/b6-5+. The van der Waals surface area contributed by atoms with Crippen molar-refractivity contribution >= 4 is 11.5 Å². The molecule has 1 aromatic heterocycles. The molecule has 0 radical (unpaired) electrons. The van der Waals surface area contributed by atoms with E-state index in [0.717, 1.165) is 6.42 Å². The Hall–Kier alpha value is -1.85. The van der Waals surface area contributed by atoms with Crippen LogP contribution in [0.15, 0.2) is 12.2 Å². The second-order valence-corrected chi connectivity index (χ2v) is 4.36. The number of nitrogens with zero attached hydrogens (tertiary/aromatic N) is 3. The number of allylic oxidation sites excluding steroid dienone is 1. The van der Waals surface area contributed by atoms with Crippen molar-refractivity contribution in [2.75, 3.05) is 11.9 Å². The van der Waals surface area contributed by atoms with Gasteiger partial charge in [0.05, 0.1) is 4.92 Å². The molecule has 0 aliphatic carbocycles. The molecule has 1 rings (SSSR count). The second-order valence-electron chi connectivity index (χ2n) is 4.36. The molecular weight excluding hydrogens is 232 g/mol. The van der Waals surface area contributed by atoms with Gasteiger partial charge in [-0.25, -0.2) is 4.68 Å². The lowest BCUT2D eigenvalue weighted by Gasteiger charge is -2.11. The maximum Gasteiger partial charge on any atom is 0.333 e. The van der Waals surface area contributed by atoms with E-state index in [-0.39, 0.29) is 16.7 Å². The van der Waals surface area contributed by atoms with Gasteiger partial charge in [-0.1, -0.05) is 12.2 Å². The molecule has 6 heteroatoms. The number of aryl methyl sites for hydroxylation is 1. The van der Waals surface area contributed by atoms with Crippen LogP contribution in [0.5, 0.6) is 0 Å². The Morgan fingerprint density at radius 2 is 2.22 bits per heavy atom. The molecule has 100 valence electrons. The lowest BCUT2D eigenvalue weighted by Crippen LogP contribution is -2.11. The van der Waals surface area contributed by atoms with Gasteiger partial charge in [-0.2, -0.15) is 5.10 Å². The van der Waals surface area contributed by atoms with Crippen LogP contribution in [0.2, 0.25) is 0 Å². The number of anilines is 1. The summed E-state index contributed by atoms with van der Waals surface area (Å²) in [7, 11) is 0. The predicted molar refractivity (Wildman–Crippen MR) is 71.9 cm³/mol. The number of rotatable bonds is 6. The van der Waals surface area contributed by atoms with Crippen LogP contribution >= 0.6 is 0 Å². The summed E-state index contributed by atoms with van der Waals surface area (Å²) in [5, 5.41) is 18.4. The van der Waals surface area contributed by atoms with Crippen molar-refractivity contribution < 1.29 is 4.92 Å². The molecule has 1 heterocycles. The van der Waals surface area contributed by atoms with E-state index in [0.29, 0.717) is 18.1 Å². The molecule has 0 aromatic carbocycles. The van der Waals surface area contributed by atoms with Crippen molar-refractivity contribution in [1.82, 2.24) is 9.78 Å². The Kier molecular flexibility index (Phi) is 4.88. The highest BCUT2D eigenvalue weighted by Crippen LogP contribution is 2.30. The van der Waals surface area contributed by atoms with Crippen molar-refractivity contribution in [2.24, 2.45) is 0 Å². The highest BCUT2D eigenvalue weighted by Gasteiger charge is 2.25. The van der Waals surface area contributed by atoms with Gasteiger partial charge in [0.25, 0.3) is 0 Å². The minimum absolute atomic E-state index is 0.0733. The maximum atomic E-state index is 11.1. The van der Waals surface area contributed by atoms with Crippen molar-refractivity contribution in [1.29, 1.82) is 0 Å². The molecule has 0 unspecified atom stereocenters. The summed E-state index contributed by atoms with van der Waals surface area (Å²) in [6.45, 7) is 8.17. The van der Waals surface area contributed by atoms with Crippen LogP contribution in [0.1, 0.15) is 38.9 Å². The van der Waals surface area contributed by atoms with Crippen LogP contribution in [0.4, 0.5) is 11.5 Å². The first kappa shape index (κ1) is 14.2. The SMILES string of the molecule is C/C=C/CCNc1c([N+](=O)[O-])c(C)nn1C(C)C. The average molecular weight is 252 g/mol. The van der Waals surface area contributed by atoms with E-state index in [9.17, 15) is 10.1 Å². The first-order valence-electron chi connectivity index (χ1n) is 6.07. The Bertz CT molecular complexity index is 449. The third kappa shape index (κ3) is 3.09. The van der Waals surface area contributed by atoms with Crippen molar-refractivity contribution in [3.05, 3.63) is 28.0 Å². The normalized spacial score (nSPS) is 11.4. The van der Waals surface area contributed by atoms with Gasteiger partial charge in [-0.15, -0.1) is 0 Å². The third-order valence-corrected chi connectivity index (χ3v) is 2.56. The number of nitro groups is 1. The fourth-order valence-corrected chi connectivity index (χ4v) is 1.74. The van der Waals surface area contributed by atoms with Gasteiger partial charge in [-0.05, 0) is 34.1 Å². The Balaban J connectivity index is 3.00. The summed E-state index contributed by atoms with van der Waals surface area (Å²) < 4.78 is 1.67. The minimum atomic E-state index is -0.376. The zero-order valence-corrected chi connectivity index (χ0v) is 11.3. The van der Waals surface area contributed by atoms with Crippen molar-refractivity contribution in [3.63, 3.8) is 0 Å². The van der Waals surface area contributed by atoms with E-state index < -0.39 is 0 Å². The molecule has 18 heavy (non-hydrogen) atoms. The Labute approximate surface area is 107 Å². The molecule has 0 aliphatic rings. The zero-order chi connectivity index (χ0) is 13.7. The highest BCUT2D eigenvalue weighted by molar-refractivity contribution is 5.59. The Morgan fingerprint density at radius 1 is 1.56 bits per heavy atom. The van der Waals surface area contributed by atoms with Crippen LogP contribution in [0.3, 0.4) is 0 Å². The summed E-state index contributed by atoms with van der Waals surface area (Å²) in [5.74, 6) is 0.497. The predicted octanol–water partition coefficient (Wildman–Crippen LogP) is 3.06. The van der Waals surface area contributed by atoms with Gasteiger partial charge >= 0.3 is 5.69 Å². The first-order valence-corrected chi connectivity index (χ1v) is 6.07. The Morgan fingerprint density at radius 3 is 2.72 bits per heavy atom. The van der Waals surface area contributed by atoms with Crippen LogP contribution in [0, 0.1) is 17.0 Å². The summed E-state index contributed by atoms with van der Waals surface area (Å²) >= 11 is 0. The maximum absolute atomic E-state index is 11.1. The number of aromatic nitrogens is 2. The average Bonchev–Trinajstić information content (AvgIpc) is 2.62. The number of nitrogens with one attached hydrogen (secondary N) is 1. The van der Waals surface area contributed by atoms with Gasteiger partial charge in [-0.3, -0.25) is 10.1 Å². The third-order valence-electron chi connectivity index (χ3n) is 2.56. The van der Waals surface area contributed by atoms with E-state index in [4.69, 9.17) is 0 Å². The molecule has 0 saturated heterocycles. The molecule has 0 amide bonds. The van der Waals surface area contributed by atoms with E-state index in [2.05, 4.69) is 10.4 Å². The first-order chi connectivity index (χ1) is 8.49. The molecule has 0 fully saturated rings. The quantitative estimate of drug-likeness (QED) is 0.365. The fourth-order valence-electron chi connectivity index (χ4n) is 1.74. The van der Waals surface area contributed by atoms with E-state index in [1.54, 1.807) is 11.6 Å².